The molecule has 0 aromatic carbocycles. The quantitative estimate of drug-likeness (QED) is 0.504. The van der Waals surface area contributed by atoms with Gasteiger partial charge < -0.3 is 0 Å². The molecule has 3 atom stereocenters. The Balaban J connectivity index is 1.94. The molecular formula is C11H21P. The van der Waals surface area contributed by atoms with Gasteiger partial charge in [-0.1, -0.05) is 25.7 Å². The van der Waals surface area contributed by atoms with Crippen LogP contribution >= 0.6 is 9.24 Å². The summed E-state index contributed by atoms with van der Waals surface area (Å²) in [7, 11) is 3.03. The summed E-state index contributed by atoms with van der Waals surface area (Å²) in [6.07, 6.45) is 12.1. The Hall–Kier alpha value is 0.430. The molecule has 0 nitrogen and oxygen atoms in total. The second-order valence-electron chi connectivity index (χ2n) is 4.72. The molecule has 0 bridgehead atoms. The summed E-state index contributed by atoms with van der Waals surface area (Å²) >= 11 is 0. The first kappa shape index (κ1) is 9.00. The van der Waals surface area contributed by atoms with E-state index >= 15 is 0 Å². The van der Waals surface area contributed by atoms with Gasteiger partial charge >= 0.3 is 0 Å². The van der Waals surface area contributed by atoms with E-state index in [0.29, 0.717) is 0 Å². The van der Waals surface area contributed by atoms with E-state index in [1.807, 2.05) is 0 Å². The highest BCUT2D eigenvalue weighted by atomic mass is 31.0. The van der Waals surface area contributed by atoms with Gasteiger partial charge in [0.05, 0.1) is 0 Å². The summed E-state index contributed by atoms with van der Waals surface area (Å²) < 4.78 is 0. The van der Waals surface area contributed by atoms with Crippen LogP contribution in [0.15, 0.2) is 0 Å². The smallest absolute Gasteiger partial charge is 0.0264 e. The van der Waals surface area contributed by atoms with Crippen LogP contribution in [0.3, 0.4) is 0 Å². The zero-order valence-electron chi connectivity index (χ0n) is 7.97. The monoisotopic (exact) mass is 184 g/mol. The van der Waals surface area contributed by atoms with E-state index < -0.39 is 0 Å². The van der Waals surface area contributed by atoms with E-state index in [4.69, 9.17) is 0 Å². The van der Waals surface area contributed by atoms with Crippen LogP contribution in [0.4, 0.5) is 0 Å². The predicted octanol–water partition coefficient (Wildman–Crippen LogP) is 3.61. The molecule has 2 aliphatic rings. The molecule has 1 heteroatoms. The molecule has 70 valence electrons. The molecular weight excluding hydrogens is 163 g/mol. The molecule has 0 radical (unpaired) electrons. The summed E-state index contributed by atoms with van der Waals surface area (Å²) in [4.78, 5) is 0. The van der Waals surface area contributed by atoms with Crippen molar-refractivity contribution in [2.45, 2.75) is 57.0 Å². The van der Waals surface area contributed by atoms with Gasteiger partial charge in [-0.3, -0.25) is 0 Å². The lowest BCUT2D eigenvalue weighted by Gasteiger charge is -2.29. The molecule has 0 amide bonds. The Morgan fingerprint density at radius 2 is 1.17 bits per heavy atom. The maximum atomic E-state index is 3.03. The van der Waals surface area contributed by atoms with Gasteiger partial charge in [-0.05, 0) is 43.2 Å². The van der Waals surface area contributed by atoms with E-state index in [2.05, 4.69) is 9.24 Å². The van der Waals surface area contributed by atoms with Crippen molar-refractivity contribution in [1.29, 1.82) is 0 Å². The van der Waals surface area contributed by atoms with Gasteiger partial charge in [-0.25, -0.2) is 0 Å². The summed E-state index contributed by atoms with van der Waals surface area (Å²) in [5.74, 6) is 2.23. The summed E-state index contributed by atoms with van der Waals surface area (Å²) in [5, 5.41) is 0. The lowest BCUT2D eigenvalue weighted by molar-refractivity contribution is 0.224. The van der Waals surface area contributed by atoms with Gasteiger partial charge in [0.2, 0.25) is 0 Å². The average Bonchev–Trinajstić information content (AvgIpc) is 2.29. The van der Waals surface area contributed by atoms with Crippen LogP contribution in [0.1, 0.15) is 51.4 Å². The normalized spacial score (nSPS) is 43.2. The largest absolute Gasteiger partial charge is 0.134 e. The van der Waals surface area contributed by atoms with E-state index in [9.17, 15) is 0 Å². The molecule has 0 N–H and O–H groups in total. The minimum atomic E-state index is 0.940. The van der Waals surface area contributed by atoms with Gasteiger partial charge in [0.25, 0.3) is 0 Å². The third-order valence-electron chi connectivity index (χ3n) is 3.88. The second-order valence-corrected chi connectivity index (χ2v) is 5.66. The molecule has 0 aromatic heterocycles. The molecule has 12 heavy (non-hydrogen) atoms. The van der Waals surface area contributed by atoms with Crippen molar-refractivity contribution in [2.75, 3.05) is 0 Å². The minimum Gasteiger partial charge on any atom is -0.134 e. The fourth-order valence-electron chi connectivity index (χ4n) is 3.05. The Labute approximate surface area is 78.7 Å². The van der Waals surface area contributed by atoms with Crippen molar-refractivity contribution in [1.82, 2.24) is 0 Å². The number of hydrogen-bond donors (Lipinski definition) is 0. The van der Waals surface area contributed by atoms with E-state index in [1.54, 1.807) is 12.8 Å². The predicted molar refractivity (Wildman–Crippen MR) is 57.4 cm³/mol. The van der Waals surface area contributed by atoms with Crippen LogP contribution in [-0.2, 0) is 0 Å². The first-order valence-corrected chi connectivity index (χ1v) is 6.28. The van der Waals surface area contributed by atoms with E-state index in [0.717, 1.165) is 17.5 Å². The summed E-state index contributed by atoms with van der Waals surface area (Å²) in [5.41, 5.74) is 0.940. The topological polar surface area (TPSA) is 0 Å². The van der Waals surface area contributed by atoms with Crippen molar-refractivity contribution in [3.8, 4) is 0 Å². The Kier molecular flexibility index (Phi) is 3.07. The Bertz CT molecular complexity index is 128. The molecule has 0 heterocycles. The summed E-state index contributed by atoms with van der Waals surface area (Å²) in [6.45, 7) is 0. The number of fused-ring (bicyclic) bond motifs is 1. The minimum absolute atomic E-state index is 0.940. The van der Waals surface area contributed by atoms with Crippen molar-refractivity contribution < 1.29 is 0 Å². The Morgan fingerprint density at radius 3 is 1.67 bits per heavy atom. The lowest BCUT2D eigenvalue weighted by Crippen LogP contribution is -2.17. The summed E-state index contributed by atoms with van der Waals surface area (Å²) in [6, 6.07) is 0. The molecule has 2 saturated carbocycles. The molecule has 0 spiro atoms. The van der Waals surface area contributed by atoms with E-state index in [-0.39, 0.29) is 0 Å². The lowest BCUT2D eigenvalue weighted by atomic mass is 9.77. The number of hydrogen-bond acceptors (Lipinski definition) is 0. The molecule has 2 fully saturated rings. The maximum absolute atomic E-state index is 3.03. The molecule has 3 unspecified atom stereocenters. The third kappa shape index (κ3) is 2.02. The van der Waals surface area contributed by atoms with Gasteiger partial charge in [-0.2, -0.15) is 0 Å². The number of rotatable bonds is 0. The zero-order valence-corrected chi connectivity index (χ0v) is 9.12. The van der Waals surface area contributed by atoms with Crippen LogP contribution in [0.5, 0.6) is 0 Å². The SMILES string of the molecule is PC1CCC2CCCCC2CC1. The molecule has 2 aliphatic carbocycles. The molecule has 0 aromatic rings. The van der Waals surface area contributed by atoms with Crippen LogP contribution in [0.2, 0.25) is 0 Å². The van der Waals surface area contributed by atoms with Crippen LogP contribution < -0.4 is 0 Å². The van der Waals surface area contributed by atoms with Crippen LogP contribution in [0.25, 0.3) is 0 Å². The molecule has 0 saturated heterocycles. The van der Waals surface area contributed by atoms with Crippen molar-refractivity contribution in [3.05, 3.63) is 0 Å². The Morgan fingerprint density at radius 1 is 0.667 bits per heavy atom. The van der Waals surface area contributed by atoms with Crippen molar-refractivity contribution in [2.24, 2.45) is 11.8 Å². The van der Waals surface area contributed by atoms with Crippen LogP contribution in [-0.4, -0.2) is 5.66 Å². The van der Waals surface area contributed by atoms with Crippen molar-refractivity contribution in [3.63, 3.8) is 0 Å². The fourth-order valence-corrected chi connectivity index (χ4v) is 3.43. The van der Waals surface area contributed by atoms with Gasteiger partial charge in [0.1, 0.15) is 0 Å². The average molecular weight is 184 g/mol. The van der Waals surface area contributed by atoms with Gasteiger partial charge in [0.15, 0.2) is 0 Å². The highest BCUT2D eigenvalue weighted by Crippen LogP contribution is 2.40. The van der Waals surface area contributed by atoms with Gasteiger partial charge in [-0.15, -0.1) is 9.24 Å². The van der Waals surface area contributed by atoms with Crippen molar-refractivity contribution >= 4 is 9.24 Å². The van der Waals surface area contributed by atoms with Crippen LogP contribution in [0, 0.1) is 11.8 Å². The highest BCUT2D eigenvalue weighted by molar-refractivity contribution is 7.17. The first-order chi connectivity index (χ1) is 5.86. The maximum Gasteiger partial charge on any atom is -0.0264 e. The fraction of sp³-hybridized carbons (Fsp3) is 1.00. The van der Waals surface area contributed by atoms with Gasteiger partial charge in [0, 0.05) is 0 Å². The third-order valence-corrected chi connectivity index (χ3v) is 4.55. The molecule has 2 rings (SSSR count). The second kappa shape index (κ2) is 4.09. The highest BCUT2D eigenvalue weighted by Gasteiger charge is 2.27. The van der Waals surface area contributed by atoms with E-state index in [1.165, 1.54) is 38.5 Å². The standard InChI is InChI=1S/C11H21P/c12-11-7-5-9-3-1-2-4-10(9)6-8-11/h9-11H,1-8,12H2. The zero-order chi connectivity index (χ0) is 8.39. The molecule has 0 aliphatic heterocycles. The first-order valence-electron chi connectivity index (χ1n) is 5.62.